The first kappa shape index (κ1) is 17.3. The zero-order valence-corrected chi connectivity index (χ0v) is 15.3. The fourth-order valence-corrected chi connectivity index (χ4v) is 5.24. The largest absolute Gasteiger partial charge is 0.345 e. The Bertz CT molecular complexity index is 969. The Balaban J connectivity index is 1.62. The van der Waals surface area contributed by atoms with Crippen LogP contribution in [0.5, 0.6) is 0 Å². The quantitative estimate of drug-likeness (QED) is 0.831. The molecule has 0 unspecified atom stereocenters. The minimum Gasteiger partial charge on any atom is -0.345 e. The van der Waals surface area contributed by atoms with Gasteiger partial charge in [0.2, 0.25) is 0 Å². The van der Waals surface area contributed by atoms with E-state index in [0.29, 0.717) is 6.42 Å². The molecule has 1 aromatic carbocycles. The Morgan fingerprint density at radius 2 is 2.23 bits per heavy atom. The maximum atomic E-state index is 13.6. The Morgan fingerprint density at radius 1 is 1.38 bits per heavy atom. The second-order valence-corrected chi connectivity index (χ2v) is 9.05. The molecule has 1 N–H and O–H groups in total. The van der Waals surface area contributed by atoms with Crippen molar-refractivity contribution in [3.63, 3.8) is 0 Å². The summed E-state index contributed by atoms with van der Waals surface area (Å²) >= 11 is 1.63. The molecular weight excluding hydrogens is 377 g/mol. The predicted molar refractivity (Wildman–Crippen MR) is 97.8 cm³/mol. The summed E-state index contributed by atoms with van der Waals surface area (Å²) in [5.74, 6) is 0.106. The third kappa shape index (κ3) is 3.28. The average molecular weight is 393 g/mol. The van der Waals surface area contributed by atoms with Crippen molar-refractivity contribution >= 4 is 33.5 Å². The number of halogens is 1. The van der Waals surface area contributed by atoms with Crippen LogP contribution < -0.4 is 5.32 Å². The van der Waals surface area contributed by atoms with E-state index in [9.17, 15) is 17.6 Å². The highest BCUT2D eigenvalue weighted by molar-refractivity contribution is 7.99. The van der Waals surface area contributed by atoms with E-state index in [1.807, 2.05) is 0 Å². The minimum absolute atomic E-state index is 0.0811. The molecule has 0 aliphatic carbocycles. The molecule has 9 heteroatoms. The lowest BCUT2D eigenvalue weighted by Gasteiger charge is -2.30. The predicted octanol–water partition coefficient (Wildman–Crippen LogP) is 1.98. The van der Waals surface area contributed by atoms with Gasteiger partial charge in [-0.3, -0.25) is 4.79 Å². The Kier molecular flexibility index (Phi) is 4.36. The highest BCUT2D eigenvalue weighted by Crippen LogP contribution is 2.36. The van der Waals surface area contributed by atoms with Crippen molar-refractivity contribution in [3.05, 3.63) is 53.5 Å². The van der Waals surface area contributed by atoms with Crippen molar-refractivity contribution in [1.82, 2.24) is 10.2 Å². The van der Waals surface area contributed by atoms with Gasteiger partial charge in [-0.05, 0) is 42.3 Å². The first-order valence-electron chi connectivity index (χ1n) is 8.14. The van der Waals surface area contributed by atoms with Crippen molar-refractivity contribution in [1.29, 1.82) is 0 Å². The number of thioether (sulfide) groups is 1. The van der Waals surface area contributed by atoms with Crippen LogP contribution in [0.15, 0.2) is 51.4 Å². The molecule has 0 saturated carbocycles. The average Bonchev–Trinajstić information content (AvgIpc) is 2.61. The number of hydrogen-bond donors (Lipinski definition) is 1. The summed E-state index contributed by atoms with van der Waals surface area (Å²) in [7, 11) is -3.57. The fraction of sp³-hybridized carbons (Fsp3) is 0.294. The molecule has 0 saturated heterocycles. The van der Waals surface area contributed by atoms with E-state index < -0.39 is 15.9 Å². The number of amidine groups is 1. The van der Waals surface area contributed by atoms with Gasteiger partial charge in [-0.15, -0.1) is 16.2 Å². The van der Waals surface area contributed by atoms with Crippen LogP contribution in [0.2, 0.25) is 0 Å². The van der Waals surface area contributed by atoms with Crippen molar-refractivity contribution in [2.45, 2.75) is 17.4 Å². The van der Waals surface area contributed by atoms with E-state index >= 15 is 0 Å². The highest BCUT2D eigenvalue weighted by atomic mass is 32.2. The molecule has 6 nitrogen and oxygen atoms in total. The van der Waals surface area contributed by atoms with Crippen molar-refractivity contribution in [3.8, 4) is 0 Å². The molecule has 26 heavy (non-hydrogen) atoms. The summed E-state index contributed by atoms with van der Waals surface area (Å²) in [6, 6.07) is 4.24. The lowest BCUT2D eigenvalue weighted by atomic mass is 10.0. The van der Waals surface area contributed by atoms with Crippen LogP contribution in [-0.2, 0) is 14.8 Å². The molecule has 0 spiro atoms. The van der Waals surface area contributed by atoms with Gasteiger partial charge in [0.25, 0.3) is 15.9 Å². The summed E-state index contributed by atoms with van der Waals surface area (Å²) in [5.41, 5.74) is 0.948. The summed E-state index contributed by atoms with van der Waals surface area (Å²) in [4.78, 5) is 15.4. The number of carbonyl (C=O) groups excluding carboxylic acids is 1. The third-order valence-electron chi connectivity index (χ3n) is 4.42. The van der Waals surface area contributed by atoms with Gasteiger partial charge >= 0.3 is 0 Å². The molecule has 3 aliphatic heterocycles. The molecular formula is C17H16FN3O3S2. The topological polar surface area (TPSA) is 78.8 Å². The standard InChI is InChI=1S/C17H16FN3O3S2/c18-11-3-4-15-13(10-11)14(5-8-25-15)19-17(22)12-2-1-6-21-7-9-26(23,24)20-16(12)21/h1-4,6,10,14H,5,7-9H2,(H,19,22)/t14-/m0/s1. The van der Waals surface area contributed by atoms with Gasteiger partial charge in [0, 0.05) is 23.4 Å². The monoisotopic (exact) mass is 393 g/mol. The lowest BCUT2D eigenvalue weighted by molar-refractivity contribution is -0.117. The number of allylic oxidation sites excluding steroid dienone is 2. The van der Waals surface area contributed by atoms with E-state index in [1.54, 1.807) is 41.1 Å². The van der Waals surface area contributed by atoms with Crippen LogP contribution >= 0.6 is 11.8 Å². The van der Waals surface area contributed by atoms with E-state index in [2.05, 4.69) is 9.71 Å². The van der Waals surface area contributed by atoms with Crippen LogP contribution in [0.3, 0.4) is 0 Å². The van der Waals surface area contributed by atoms with Gasteiger partial charge in [-0.2, -0.15) is 0 Å². The molecule has 4 rings (SSSR count). The lowest BCUT2D eigenvalue weighted by Crippen LogP contribution is -2.43. The molecule has 0 aromatic heterocycles. The SMILES string of the molecule is O=C(N[C@H]1CCSc2ccc(F)cc21)C1=CC=CN2CCS(=O)(=O)N=C12. The highest BCUT2D eigenvalue weighted by Gasteiger charge is 2.31. The second kappa shape index (κ2) is 6.55. The normalized spacial score (nSPS) is 23.4. The van der Waals surface area contributed by atoms with Crippen LogP contribution in [-0.4, -0.2) is 43.1 Å². The van der Waals surface area contributed by atoms with E-state index in [0.717, 1.165) is 16.2 Å². The Labute approximate surface area is 154 Å². The first-order chi connectivity index (χ1) is 12.4. The Morgan fingerprint density at radius 3 is 3.08 bits per heavy atom. The van der Waals surface area contributed by atoms with Gasteiger partial charge in [0.05, 0.1) is 17.4 Å². The maximum Gasteiger partial charge on any atom is 0.256 e. The molecule has 1 atom stereocenters. The molecule has 3 aliphatic rings. The zero-order valence-electron chi connectivity index (χ0n) is 13.7. The fourth-order valence-electron chi connectivity index (χ4n) is 3.14. The molecule has 1 amide bonds. The van der Waals surface area contributed by atoms with Gasteiger partial charge in [-0.1, -0.05) is 0 Å². The molecule has 136 valence electrons. The van der Waals surface area contributed by atoms with Crippen molar-refractivity contribution < 1.29 is 17.6 Å². The molecule has 1 aromatic rings. The summed E-state index contributed by atoms with van der Waals surface area (Å²) in [5, 5.41) is 2.91. The van der Waals surface area contributed by atoms with Crippen LogP contribution in [0.25, 0.3) is 0 Å². The molecule has 0 fully saturated rings. The van der Waals surface area contributed by atoms with Crippen LogP contribution in [0.4, 0.5) is 4.39 Å². The smallest absolute Gasteiger partial charge is 0.256 e. The van der Waals surface area contributed by atoms with Crippen LogP contribution in [0.1, 0.15) is 18.0 Å². The maximum absolute atomic E-state index is 13.6. The summed E-state index contributed by atoms with van der Waals surface area (Å²) in [6.07, 6.45) is 5.61. The van der Waals surface area contributed by atoms with Gasteiger partial charge in [0.1, 0.15) is 5.82 Å². The third-order valence-corrected chi connectivity index (χ3v) is 6.69. The number of nitrogens with zero attached hydrogens (tertiary/aromatic N) is 2. The second-order valence-electron chi connectivity index (χ2n) is 6.16. The molecule has 3 heterocycles. The Hall–Kier alpha value is -2.13. The van der Waals surface area contributed by atoms with Gasteiger partial charge in [-0.25, -0.2) is 12.8 Å². The van der Waals surface area contributed by atoms with Crippen molar-refractivity contribution in [2.24, 2.45) is 4.40 Å². The van der Waals surface area contributed by atoms with Gasteiger partial charge < -0.3 is 10.2 Å². The number of nitrogens with one attached hydrogen (secondary N) is 1. The van der Waals surface area contributed by atoms with Gasteiger partial charge in [0.15, 0.2) is 5.84 Å². The molecule has 0 bridgehead atoms. The summed E-state index contributed by atoms with van der Waals surface area (Å²) in [6.45, 7) is 0.260. The number of fused-ring (bicyclic) bond motifs is 2. The minimum atomic E-state index is -3.57. The number of amides is 1. The zero-order chi connectivity index (χ0) is 18.3. The number of benzene rings is 1. The number of carbonyl (C=O) groups is 1. The van der Waals surface area contributed by atoms with E-state index in [1.165, 1.54) is 12.1 Å². The number of sulfonamides is 1. The summed E-state index contributed by atoms with van der Waals surface area (Å²) < 4.78 is 41.0. The first-order valence-corrected chi connectivity index (χ1v) is 10.7. The number of rotatable bonds is 2. The van der Waals surface area contributed by atoms with Crippen molar-refractivity contribution in [2.75, 3.05) is 18.1 Å². The molecule has 0 radical (unpaired) electrons. The van der Waals surface area contributed by atoms with E-state index in [4.69, 9.17) is 0 Å². The van der Waals surface area contributed by atoms with E-state index in [-0.39, 0.29) is 35.6 Å². The number of hydrogen-bond acceptors (Lipinski definition) is 5. The van der Waals surface area contributed by atoms with Crippen LogP contribution in [0, 0.1) is 5.82 Å².